The second-order valence-electron chi connectivity index (χ2n) is 9.17. The lowest BCUT2D eigenvalue weighted by atomic mass is 9.73. The van der Waals surface area contributed by atoms with Gasteiger partial charge in [-0.3, -0.25) is 14.2 Å². The van der Waals surface area contributed by atoms with Gasteiger partial charge in [0.05, 0.1) is 29.6 Å². The number of piperidine rings is 1. The molecule has 12 heteroatoms. The van der Waals surface area contributed by atoms with Crippen LogP contribution in [0, 0.1) is 23.1 Å². The van der Waals surface area contributed by atoms with E-state index in [2.05, 4.69) is 21.6 Å². The van der Waals surface area contributed by atoms with Gasteiger partial charge in [0, 0.05) is 30.8 Å². The quantitative estimate of drug-likeness (QED) is 0.454. The first-order chi connectivity index (χ1) is 17.1. The van der Waals surface area contributed by atoms with Crippen molar-refractivity contribution in [2.24, 2.45) is 11.7 Å². The number of nitrogens with two attached hydrogens (primary N) is 1. The smallest absolute Gasteiger partial charge is 0.407 e. The van der Waals surface area contributed by atoms with E-state index in [0.29, 0.717) is 18.5 Å². The van der Waals surface area contributed by atoms with Gasteiger partial charge in [-0.2, -0.15) is 15.5 Å². The highest BCUT2D eigenvalue weighted by Crippen LogP contribution is 2.45. The number of nitrogens with one attached hydrogen (secondary N) is 1. The van der Waals surface area contributed by atoms with Crippen molar-refractivity contribution in [2.75, 3.05) is 11.9 Å². The van der Waals surface area contributed by atoms with Crippen LogP contribution in [0.2, 0.25) is 0 Å². The maximum absolute atomic E-state index is 13.3. The molecule has 0 spiro atoms. The van der Waals surface area contributed by atoms with E-state index >= 15 is 0 Å². The molecule has 0 aliphatic carbocycles. The maximum atomic E-state index is 13.3. The number of carboxylic acid groups (broad SMARTS) is 1. The van der Waals surface area contributed by atoms with Crippen molar-refractivity contribution in [3.8, 4) is 6.07 Å². The number of rotatable bonds is 7. The summed E-state index contributed by atoms with van der Waals surface area (Å²) in [6.45, 7) is 3.88. The molecule has 11 nitrogen and oxygen atoms in total. The number of carbonyl (C=O) groups excluding carboxylic acids is 1. The highest BCUT2D eigenvalue weighted by Gasteiger charge is 2.52. The molecule has 188 valence electrons. The summed E-state index contributed by atoms with van der Waals surface area (Å²) in [5.74, 6) is -1.64. The largest absolute Gasteiger partial charge is 0.465 e. The van der Waals surface area contributed by atoms with Crippen molar-refractivity contribution >= 4 is 23.5 Å². The van der Waals surface area contributed by atoms with Gasteiger partial charge < -0.3 is 21.1 Å². The molecule has 36 heavy (non-hydrogen) atoms. The van der Waals surface area contributed by atoms with Gasteiger partial charge in [0.1, 0.15) is 11.4 Å². The molecular formula is C24H27FN8O3. The number of primary amides is 1. The molecule has 2 unspecified atom stereocenters. The minimum atomic E-state index is -1.11. The molecule has 3 aromatic rings. The van der Waals surface area contributed by atoms with Gasteiger partial charge in [-0.15, -0.1) is 0 Å². The van der Waals surface area contributed by atoms with Crippen LogP contribution < -0.4 is 11.1 Å². The number of likely N-dealkylation sites (tertiary alicyclic amines) is 1. The monoisotopic (exact) mass is 494 g/mol. The van der Waals surface area contributed by atoms with E-state index in [9.17, 15) is 24.3 Å². The molecule has 4 rings (SSSR count). The van der Waals surface area contributed by atoms with Crippen molar-refractivity contribution in [1.82, 2.24) is 24.5 Å². The Bertz CT molecular complexity index is 1280. The number of aromatic nitrogens is 4. The van der Waals surface area contributed by atoms with Crippen LogP contribution in [0.15, 0.2) is 48.9 Å². The Kier molecular flexibility index (Phi) is 6.65. The number of hydrogen-bond donors (Lipinski definition) is 3. The SMILES string of the molecule is CC(CC1(C)[C@H](n2cc(C(N)=O)c(Nc3ccc(F)cc3)n2)[C@@H](C#N)CCN1C(=O)O)n1cccn1. The van der Waals surface area contributed by atoms with E-state index in [1.54, 1.807) is 30.1 Å². The first kappa shape index (κ1) is 24.7. The van der Waals surface area contributed by atoms with E-state index in [1.807, 2.05) is 6.92 Å². The third kappa shape index (κ3) is 4.59. The van der Waals surface area contributed by atoms with E-state index < -0.39 is 35.3 Å². The number of benzene rings is 1. The fraction of sp³-hybridized carbons (Fsp3) is 0.375. The molecule has 1 aliphatic heterocycles. The van der Waals surface area contributed by atoms with Crippen LogP contribution in [-0.4, -0.2) is 53.7 Å². The summed E-state index contributed by atoms with van der Waals surface area (Å²) in [5.41, 5.74) is 5.08. The summed E-state index contributed by atoms with van der Waals surface area (Å²) in [5, 5.41) is 31.9. The first-order valence-electron chi connectivity index (χ1n) is 11.4. The molecule has 2 amide bonds. The molecule has 0 saturated carbocycles. The highest BCUT2D eigenvalue weighted by molar-refractivity contribution is 5.98. The van der Waals surface area contributed by atoms with Crippen molar-refractivity contribution in [2.45, 2.75) is 44.3 Å². The molecule has 0 radical (unpaired) electrons. The molecule has 4 N–H and O–H groups in total. The Morgan fingerprint density at radius 1 is 1.39 bits per heavy atom. The average Bonchev–Trinajstić information content (AvgIpc) is 3.50. The molecule has 3 heterocycles. The van der Waals surface area contributed by atoms with Crippen LogP contribution in [-0.2, 0) is 0 Å². The average molecular weight is 495 g/mol. The Labute approximate surface area is 206 Å². The zero-order valence-corrected chi connectivity index (χ0v) is 19.9. The Morgan fingerprint density at radius 2 is 2.11 bits per heavy atom. The highest BCUT2D eigenvalue weighted by atomic mass is 19.1. The number of hydrogen-bond acceptors (Lipinski definition) is 6. The van der Waals surface area contributed by atoms with Crippen LogP contribution in [0.1, 0.15) is 49.1 Å². The summed E-state index contributed by atoms with van der Waals surface area (Å²) >= 11 is 0. The number of nitriles is 1. The lowest BCUT2D eigenvalue weighted by molar-refractivity contribution is -0.0130. The minimum Gasteiger partial charge on any atom is -0.465 e. The summed E-state index contributed by atoms with van der Waals surface area (Å²) in [6.07, 6.45) is 4.39. The van der Waals surface area contributed by atoms with Gasteiger partial charge >= 0.3 is 6.09 Å². The summed E-state index contributed by atoms with van der Waals surface area (Å²) < 4.78 is 16.5. The molecule has 2 aromatic heterocycles. The lowest BCUT2D eigenvalue weighted by Gasteiger charge is -2.51. The van der Waals surface area contributed by atoms with Gasteiger partial charge in [0.25, 0.3) is 5.91 Å². The van der Waals surface area contributed by atoms with Crippen LogP contribution in [0.25, 0.3) is 0 Å². The number of anilines is 2. The third-order valence-electron chi connectivity index (χ3n) is 6.77. The summed E-state index contributed by atoms with van der Waals surface area (Å²) in [7, 11) is 0. The topological polar surface area (TPSA) is 155 Å². The summed E-state index contributed by atoms with van der Waals surface area (Å²) in [4.78, 5) is 25.9. The standard InChI is InChI=1S/C24H27FN8O3/c1-15(32-10-3-9-28-32)12-24(2)20(16(13-26)8-11-31(24)23(35)36)33-14-19(21(27)34)22(30-33)29-18-6-4-17(25)5-7-18/h3-7,9-10,14-16,20H,8,11-12H2,1-2H3,(H2,27,34)(H,29,30)(H,35,36)/t15?,16-,20-,24?/m1/s1. The fourth-order valence-electron chi connectivity index (χ4n) is 5.13. The van der Waals surface area contributed by atoms with Gasteiger partial charge in [0.2, 0.25) is 0 Å². The first-order valence-corrected chi connectivity index (χ1v) is 11.4. The van der Waals surface area contributed by atoms with Crippen molar-refractivity contribution in [1.29, 1.82) is 5.26 Å². The van der Waals surface area contributed by atoms with Crippen molar-refractivity contribution in [3.63, 3.8) is 0 Å². The van der Waals surface area contributed by atoms with Gasteiger partial charge in [-0.1, -0.05) is 0 Å². The van der Waals surface area contributed by atoms with Gasteiger partial charge in [-0.25, -0.2) is 9.18 Å². The van der Waals surface area contributed by atoms with Gasteiger partial charge in [0.15, 0.2) is 5.82 Å². The maximum Gasteiger partial charge on any atom is 0.407 e. The van der Waals surface area contributed by atoms with Crippen molar-refractivity contribution < 1.29 is 19.1 Å². The Hall–Kier alpha value is -4.40. The van der Waals surface area contributed by atoms with E-state index in [-0.39, 0.29) is 24.0 Å². The number of halogens is 1. The molecule has 1 aromatic carbocycles. The molecule has 1 aliphatic rings. The number of nitrogens with zero attached hydrogens (tertiary/aromatic N) is 6. The van der Waals surface area contributed by atoms with Crippen LogP contribution in [0.3, 0.4) is 0 Å². The van der Waals surface area contributed by atoms with Crippen LogP contribution >= 0.6 is 0 Å². The van der Waals surface area contributed by atoms with E-state index in [0.717, 1.165) is 0 Å². The zero-order chi connectivity index (χ0) is 26.0. The van der Waals surface area contributed by atoms with E-state index in [1.165, 1.54) is 40.0 Å². The molecule has 1 fully saturated rings. The van der Waals surface area contributed by atoms with Crippen LogP contribution in [0.4, 0.5) is 20.7 Å². The number of amides is 2. The normalized spacial score (nSPS) is 22.6. The minimum absolute atomic E-state index is 0.0611. The second kappa shape index (κ2) is 9.69. The van der Waals surface area contributed by atoms with Crippen LogP contribution in [0.5, 0.6) is 0 Å². The zero-order valence-electron chi connectivity index (χ0n) is 19.9. The second-order valence-corrected chi connectivity index (χ2v) is 9.17. The van der Waals surface area contributed by atoms with Gasteiger partial charge in [-0.05, 0) is 57.0 Å². The Balaban J connectivity index is 1.79. The number of carbonyl (C=O) groups is 2. The summed E-state index contributed by atoms with van der Waals surface area (Å²) in [6, 6.07) is 8.65. The molecule has 0 bridgehead atoms. The fourth-order valence-corrected chi connectivity index (χ4v) is 5.13. The molecule has 1 saturated heterocycles. The predicted molar refractivity (Wildman–Crippen MR) is 128 cm³/mol. The van der Waals surface area contributed by atoms with Crippen molar-refractivity contribution in [3.05, 3.63) is 60.3 Å². The third-order valence-corrected chi connectivity index (χ3v) is 6.77. The Morgan fingerprint density at radius 3 is 2.69 bits per heavy atom. The predicted octanol–water partition coefficient (Wildman–Crippen LogP) is 3.54. The molecular weight excluding hydrogens is 467 g/mol. The molecule has 4 atom stereocenters. The lowest BCUT2D eigenvalue weighted by Crippen LogP contribution is -2.61. The van der Waals surface area contributed by atoms with E-state index in [4.69, 9.17) is 5.73 Å².